The van der Waals surface area contributed by atoms with Gasteiger partial charge < -0.3 is 19.3 Å². The Morgan fingerprint density at radius 2 is 1.82 bits per heavy atom. The second-order valence-corrected chi connectivity index (χ2v) is 8.97. The number of rotatable bonds is 7. The molecular weight excluding hydrogens is 484 g/mol. The summed E-state index contributed by atoms with van der Waals surface area (Å²) in [6.07, 6.45) is 2.63. The Labute approximate surface area is 221 Å². The van der Waals surface area contributed by atoms with Crippen LogP contribution in [-0.2, 0) is 6.61 Å². The van der Waals surface area contributed by atoms with E-state index in [2.05, 4.69) is 11.1 Å². The highest BCUT2D eigenvalue weighted by molar-refractivity contribution is 5.96. The molecule has 0 radical (unpaired) electrons. The molecule has 38 heavy (non-hydrogen) atoms. The Morgan fingerprint density at radius 1 is 1.03 bits per heavy atom. The van der Waals surface area contributed by atoms with Gasteiger partial charge >= 0.3 is 6.09 Å². The van der Waals surface area contributed by atoms with E-state index in [4.69, 9.17) is 14.7 Å². The lowest BCUT2D eigenvalue weighted by Gasteiger charge is -2.39. The molecule has 0 N–H and O–H groups in total. The summed E-state index contributed by atoms with van der Waals surface area (Å²) in [6.45, 7) is 4.94. The summed E-state index contributed by atoms with van der Waals surface area (Å²) in [5.41, 5.74) is 2.37. The van der Waals surface area contributed by atoms with Crippen molar-refractivity contribution in [2.24, 2.45) is 0 Å². The first-order valence-corrected chi connectivity index (χ1v) is 12.4. The number of ether oxygens (including phenoxy) is 2. The van der Waals surface area contributed by atoms with E-state index in [1.54, 1.807) is 53.1 Å². The maximum Gasteiger partial charge on any atom is 0.415 e. The van der Waals surface area contributed by atoms with E-state index in [-0.39, 0.29) is 23.5 Å². The van der Waals surface area contributed by atoms with Crippen LogP contribution in [0.2, 0.25) is 0 Å². The number of hydrogen-bond acceptors (Lipinski definition) is 7. The van der Waals surface area contributed by atoms with Gasteiger partial charge in [0.05, 0.1) is 17.8 Å². The normalized spacial score (nSPS) is 14.9. The molecule has 1 atom stereocenters. The van der Waals surface area contributed by atoms with Gasteiger partial charge in [-0.05, 0) is 55.0 Å². The molecule has 1 fully saturated rings. The maximum absolute atomic E-state index is 13.1. The van der Waals surface area contributed by atoms with Gasteiger partial charge in [0, 0.05) is 49.4 Å². The highest BCUT2D eigenvalue weighted by Crippen LogP contribution is 2.20. The van der Waals surface area contributed by atoms with E-state index in [1.807, 2.05) is 19.1 Å². The Balaban J connectivity index is 1.31. The van der Waals surface area contributed by atoms with Crippen LogP contribution < -0.4 is 9.47 Å². The van der Waals surface area contributed by atoms with E-state index in [9.17, 15) is 14.4 Å². The van der Waals surface area contributed by atoms with Gasteiger partial charge in [0.15, 0.2) is 11.5 Å². The Kier molecular flexibility index (Phi) is 8.34. The Hall–Kier alpha value is -4.71. The molecule has 1 aliphatic heterocycles. The summed E-state index contributed by atoms with van der Waals surface area (Å²) >= 11 is 0. The highest BCUT2D eigenvalue weighted by atomic mass is 16.6. The Morgan fingerprint density at radius 3 is 2.53 bits per heavy atom. The first kappa shape index (κ1) is 26.4. The molecule has 2 aromatic carbocycles. The lowest BCUT2D eigenvalue weighted by molar-refractivity contribution is 0.0495. The van der Waals surface area contributed by atoms with Crippen LogP contribution in [0.4, 0.5) is 4.79 Å². The third-order valence-electron chi connectivity index (χ3n) is 6.27. The number of amides is 2. The summed E-state index contributed by atoms with van der Waals surface area (Å²) < 4.78 is 11.2. The highest BCUT2D eigenvalue weighted by Gasteiger charge is 2.31. The number of ketones is 1. The van der Waals surface area contributed by atoms with E-state index >= 15 is 0 Å². The number of carbonyl (C=O) groups excluding carboxylic acids is 3. The molecule has 1 unspecified atom stereocenters. The zero-order valence-electron chi connectivity index (χ0n) is 21.3. The Bertz CT molecular complexity index is 1370. The molecule has 9 nitrogen and oxygen atoms in total. The molecular formula is C29H28N4O5. The minimum atomic E-state index is -0.548. The number of Topliss-reactive ketones (excluding diaryl/α,β-unsaturated/α-hetero) is 1. The third kappa shape index (κ3) is 6.34. The van der Waals surface area contributed by atoms with Crippen LogP contribution in [0.15, 0.2) is 67.0 Å². The molecule has 2 amide bonds. The molecule has 194 valence electrons. The summed E-state index contributed by atoms with van der Waals surface area (Å²) in [7, 11) is 0. The molecule has 1 aromatic heterocycles. The van der Waals surface area contributed by atoms with Crippen LogP contribution in [0, 0.1) is 11.3 Å². The van der Waals surface area contributed by atoms with Crippen LogP contribution in [0.25, 0.3) is 0 Å². The van der Waals surface area contributed by atoms with Crippen LogP contribution in [0.3, 0.4) is 0 Å². The van der Waals surface area contributed by atoms with E-state index in [0.717, 1.165) is 5.56 Å². The minimum absolute atomic E-state index is 0.0823. The van der Waals surface area contributed by atoms with Crippen molar-refractivity contribution in [2.45, 2.75) is 32.9 Å². The summed E-state index contributed by atoms with van der Waals surface area (Å²) in [5, 5.41) is 9.03. The molecule has 4 rings (SSSR count). The molecule has 0 bridgehead atoms. The number of piperazine rings is 1. The van der Waals surface area contributed by atoms with Gasteiger partial charge in [-0.25, -0.2) is 4.79 Å². The minimum Gasteiger partial charge on any atom is -0.489 e. The van der Waals surface area contributed by atoms with Crippen molar-refractivity contribution in [3.63, 3.8) is 0 Å². The number of nitriles is 1. The molecule has 1 saturated heterocycles. The number of aromatic nitrogens is 1. The van der Waals surface area contributed by atoms with Crippen molar-refractivity contribution in [1.82, 2.24) is 14.8 Å². The monoisotopic (exact) mass is 512 g/mol. The van der Waals surface area contributed by atoms with Crippen molar-refractivity contribution in [3.8, 4) is 17.6 Å². The fourth-order valence-corrected chi connectivity index (χ4v) is 4.18. The third-order valence-corrected chi connectivity index (χ3v) is 6.27. The second-order valence-electron chi connectivity index (χ2n) is 8.97. The quantitative estimate of drug-likeness (QED) is 0.429. The van der Waals surface area contributed by atoms with Gasteiger partial charge in [-0.1, -0.05) is 19.1 Å². The molecule has 0 spiro atoms. The number of benzene rings is 2. The predicted octanol–water partition coefficient (Wildman–Crippen LogP) is 4.47. The average molecular weight is 513 g/mol. The smallest absolute Gasteiger partial charge is 0.415 e. The van der Waals surface area contributed by atoms with E-state index < -0.39 is 6.09 Å². The molecule has 0 saturated carbocycles. The average Bonchev–Trinajstić information content (AvgIpc) is 2.95. The number of pyridine rings is 1. The fraction of sp³-hybridized carbons (Fsp3) is 0.276. The zero-order valence-corrected chi connectivity index (χ0v) is 21.3. The lowest BCUT2D eigenvalue weighted by atomic mass is 10.1. The van der Waals surface area contributed by atoms with Crippen LogP contribution >= 0.6 is 0 Å². The zero-order chi connectivity index (χ0) is 27.1. The van der Waals surface area contributed by atoms with Gasteiger partial charge in [0.25, 0.3) is 5.91 Å². The van der Waals surface area contributed by atoms with E-state index in [0.29, 0.717) is 55.1 Å². The van der Waals surface area contributed by atoms with Gasteiger partial charge in [-0.2, -0.15) is 5.26 Å². The van der Waals surface area contributed by atoms with Gasteiger partial charge in [-0.3, -0.25) is 14.6 Å². The molecule has 2 heterocycles. The van der Waals surface area contributed by atoms with Crippen LogP contribution in [-0.4, -0.2) is 58.2 Å². The fourth-order valence-electron chi connectivity index (χ4n) is 4.18. The molecule has 1 aliphatic rings. The maximum atomic E-state index is 13.1. The second kappa shape index (κ2) is 12.0. The topological polar surface area (TPSA) is 113 Å². The largest absolute Gasteiger partial charge is 0.489 e. The number of carbonyl (C=O) groups is 3. The SMILES string of the molecule is CCC(=O)c1cncc(OC(=O)N2CCN(C(=O)c3ccc(OCc4cccc(C#N)c4)cc3)C(C)C2)c1. The summed E-state index contributed by atoms with van der Waals surface area (Å²) in [5.74, 6) is 0.610. The van der Waals surface area contributed by atoms with Crippen molar-refractivity contribution >= 4 is 17.8 Å². The molecule has 9 heteroatoms. The van der Waals surface area contributed by atoms with Crippen molar-refractivity contribution in [1.29, 1.82) is 5.26 Å². The van der Waals surface area contributed by atoms with Gasteiger partial charge in [0.1, 0.15) is 12.4 Å². The van der Waals surface area contributed by atoms with E-state index in [1.165, 1.54) is 18.5 Å². The van der Waals surface area contributed by atoms with Crippen molar-refractivity contribution in [3.05, 3.63) is 89.2 Å². The van der Waals surface area contributed by atoms with Crippen molar-refractivity contribution < 1.29 is 23.9 Å². The van der Waals surface area contributed by atoms with Crippen LogP contribution in [0.5, 0.6) is 11.5 Å². The van der Waals surface area contributed by atoms with Crippen molar-refractivity contribution in [2.75, 3.05) is 19.6 Å². The number of nitrogens with zero attached hydrogens (tertiary/aromatic N) is 4. The first-order chi connectivity index (χ1) is 18.4. The molecule has 0 aliphatic carbocycles. The number of hydrogen-bond donors (Lipinski definition) is 0. The van der Waals surface area contributed by atoms with Crippen LogP contribution in [0.1, 0.15) is 52.1 Å². The van der Waals surface area contributed by atoms with Gasteiger partial charge in [-0.15, -0.1) is 0 Å². The predicted molar refractivity (Wildman–Crippen MR) is 139 cm³/mol. The first-order valence-electron chi connectivity index (χ1n) is 12.4. The summed E-state index contributed by atoms with van der Waals surface area (Å²) in [6, 6.07) is 17.5. The lowest BCUT2D eigenvalue weighted by Crippen LogP contribution is -2.56. The molecule has 3 aromatic rings. The standard InChI is InChI=1S/C29H28N4O5/c1-3-27(34)24-14-26(17-31-16-24)38-29(36)32-11-12-33(20(2)18-32)28(35)23-7-9-25(10-8-23)37-19-22-6-4-5-21(13-22)15-30/h4-10,13-14,16-17,20H,3,11-12,18-19H2,1-2H3. The van der Waals surface area contributed by atoms with Gasteiger partial charge in [0.2, 0.25) is 0 Å². The summed E-state index contributed by atoms with van der Waals surface area (Å²) in [4.78, 5) is 45.0.